The largest absolute Gasteiger partial charge is 0.495 e. The number of halogens is 1. The Kier molecular flexibility index (Phi) is 5.23. The lowest BCUT2D eigenvalue weighted by molar-refractivity contribution is 0.255. The van der Waals surface area contributed by atoms with E-state index in [9.17, 15) is 4.79 Å². The Morgan fingerprint density at radius 3 is 2.62 bits per heavy atom. The topological polar surface area (TPSA) is 50.4 Å². The van der Waals surface area contributed by atoms with E-state index in [1.54, 1.807) is 31.4 Å². The number of rotatable bonds is 4. The van der Waals surface area contributed by atoms with Crippen LogP contribution in [-0.4, -0.2) is 13.1 Å². The van der Waals surface area contributed by atoms with Gasteiger partial charge in [-0.05, 0) is 29.8 Å². The maximum Gasteiger partial charge on any atom is 0.323 e. The van der Waals surface area contributed by atoms with E-state index in [4.69, 9.17) is 16.3 Å². The molecule has 0 saturated carbocycles. The third-order valence-electron chi connectivity index (χ3n) is 2.74. The standard InChI is InChI=1S/C16H15ClN2O2/c1-21-15-9-5-4-8-14(15)19-16(20)18-11-10-12-6-2-3-7-13(12)17/h2-11H,1H3,(H2,18,19,20)/b11-10+. The third-order valence-corrected chi connectivity index (χ3v) is 3.08. The average molecular weight is 303 g/mol. The van der Waals surface area contributed by atoms with E-state index in [0.29, 0.717) is 16.5 Å². The summed E-state index contributed by atoms with van der Waals surface area (Å²) in [5.41, 5.74) is 1.43. The van der Waals surface area contributed by atoms with Crippen molar-refractivity contribution in [2.75, 3.05) is 12.4 Å². The average Bonchev–Trinajstić information content (AvgIpc) is 2.50. The highest BCUT2D eigenvalue weighted by atomic mass is 35.5. The van der Waals surface area contributed by atoms with Gasteiger partial charge in [0.05, 0.1) is 12.8 Å². The van der Waals surface area contributed by atoms with Crippen LogP contribution < -0.4 is 15.4 Å². The predicted molar refractivity (Wildman–Crippen MR) is 85.6 cm³/mol. The van der Waals surface area contributed by atoms with Gasteiger partial charge in [-0.3, -0.25) is 0 Å². The van der Waals surface area contributed by atoms with Gasteiger partial charge in [0.15, 0.2) is 0 Å². The van der Waals surface area contributed by atoms with Crippen molar-refractivity contribution in [2.24, 2.45) is 0 Å². The van der Waals surface area contributed by atoms with Gasteiger partial charge in [-0.25, -0.2) is 4.79 Å². The van der Waals surface area contributed by atoms with Crippen LogP contribution in [0.2, 0.25) is 5.02 Å². The normalized spacial score (nSPS) is 10.4. The Morgan fingerprint density at radius 1 is 1.14 bits per heavy atom. The summed E-state index contributed by atoms with van der Waals surface area (Å²) in [7, 11) is 1.55. The molecule has 0 aliphatic rings. The zero-order valence-electron chi connectivity index (χ0n) is 11.5. The van der Waals surface area contributed by atoms with E-state index in [0.717, 1.165) is 5.56 Å². The Labute approximate surface area is 128 Å². The summed E-state index contributed by atoms with van der Waals surface area (Å²) in [4.78, 5) is 11.8. The molecule has 0 saturated heterocycles. The van der Waals surface area contributed by atoms with E-state index in [2.05, 4.69) is 10.6 Å². The lowest BCUT2D eigenvalue weighted by Gasteiger charge is -2.09. The van der Waals surface area contributed by atoms with Crippen LogP contribution in [0.3, 0.4) is 0 Å². The van der Waals surface area contributed by atoms with Gasteiger partial charge in [0.25, 0.3) is 0 Å². The van der Waals surface area contributed by atoms with Crippen molar-refractivity contribution < 1.29 is 9.53 Å². The molecule has 0 spiro atoms. The van der Waals surface area contributed by atoms with Crippen LogP contribution in [-0.2, 0) is 0 Å². The highest BCUT2D eigenvalue weighted by Crippen LogP contribution is 2.22. The van der Waals surface area contributed by atoms with Crippen molar-refractivity contribution in [2.45, 2.75) is 0 Å². The second kappa shape index (κ2) is 7.36. The van der Waals surface area contributed by atoms with Crippen LogP contribution in [0, 0.1) is 0 Å². The molecule has 2 aromatic rings. The number of nitrogens with one attached hydrogen (secondary N) is 2. The number of amides is 2. The summed E-state index contributed by atoms with van der Waals surface area (Å²) >= 11 is 6.01. The van der Waals surface area contributed by atoms with Crippen LogP contribution >= 0.6 is 11.6 Å². The molecule has 0 aliphatic carbocycles. The van der Waals surface area contributed by atoms with Gasteiger partial charge in [0.1, 0.15) is 5.75 Å². The van der Waals surface area contributed by atoms with Crippen LogP contribution in [0.5, 0.6) is 5.75 Å². The van der Waals surface area contributed by atoms with Crippen molar-refractivity contribution in [3.8, 4) is 5.75 Å². The quantitative estimate of drug-likeness (QED) is 0.891. The molecular weight excluding hydrogens is 288 g/mol. The van der Waals surface area contributed by atoms with Crippen LogP contribution in [0.25, 0.3) is 6.08 Å². The fraction of sp³-hybridized carbons (Fsp3) is 0.0625. The SMILES string of the molecule is COc1ccccc1NC(=O)N/C=C/c1ccccc1Cl. The van der Waals surface area contributed by atoms with E-state index in [1.165, 1.54) is 6.20 Å². The van der Waals surface area contributed by atoms with Crippen LogP contribution in [0.1, 0.15) is 5.56 Å². The second-order valence-electron chi connectivity index (χ2n) is 4.15. The zero-order chi connectivity index (χ0) is 15.1. The highest BCUT2D eigenvalue weighted by molar-refractivity contribution is 6.32. The van der Waals surface area contributed by atoms with Crippen molar-refractivity contribution in [3.63, 3.8) is 0 Å². The molecule has 0 aliphatic heterocycles. The molecule has 2 N–H and O–H groups in total. The molecule has 0 bridgehead atoms. The number of para-hydroxylation sites is 2. The minimum atomic E-state index is -0.359. The monoisotopic (exact) mass is 302 g/mol. The van der Waals surface area contributed by atoms with E-state index in [-0.39, 0.29) is 6.03 Å². The fourth-order valence-corrected chi connectivity index (χ4v) is 1.92. The molecule has 21 heavy (non-hydrogen) atoms. The molecule has 0 radical (unpaired) electrons. The lowest BCUT2D eigenvalue weighted by atomic mass is 10.2. The molecular formula is C16H15ClN2O2. The Bertz CT molecular complexity index is 656. The maximum atomic E-state index is 11.8. The van der Waals surface area contributed by atoms with Crippen LogP contribution in [0.15, 0.2) is 54.7 Å². The van der Waals surface area contributed by atoms with E-state index in [1.807, 2.05) is 30.3 Å². The van der Waals surface area contributed by atoms with E-state index < -0.39 is 0 Å². The van der Waals surface area contributed by atoms with E-state index >= 15 is 0 Å². The first-order chi connectivity index (χ1) is 10.2. The summed E-state index contributed by atoms with van der Waals surface area (Å²) in [6.07, 6.45) is 3.26. The Morgan fingerprint density at radius 2 is 1.86 bits per heavy atom. The molecule has 0 aromatic heterocycles. The van der Waals surface area contributed by atoms with Gasteiger partial charge < -0.3 is 15.4 Å². The van der Waals surface area contributed by atoms with Gasteiger partial charge in [0, 0.05) is 11.2 Å². The Balaban J connectivity index is 1.95. The molecule has 4 nitrogen and oxygen atoms in total. The smallest absolute Gasteiger partial charge is 0.323 e. The minimum absolute atomic E-state index is 0.359. The molecule has 108 valence electrons. The molecule has 2 aromatic carbocycles. The van der Waals surface area contributed by atoms with Gasteiger partial charge in [0.2, 0.25) is 0 Å². The second-order valence-corrected chi connectivity index (χ2v) is 4.56. The molecule has 0 atom stereocenters. The van der Waals surface area contributed by atoms with Gasteiger partial charge >= 0.3 is 6.03 Å². The summed E-state index contributed by atoms with van der Waals surface area (Å²) in [6.45, 7) is 0. The number of carbonyl (C=O) groups is 1. The number of urea groups is 1. The molecule has 2 amide bonds. The van der Waals surface area contributed by atoms with Gasteiger partial charge in [-0.15, -0.1) is 0 Å². The third kappa shape index (κ3) is 4.26. The first-order valence-electron chi connectivity index (χ1n) is 6.32. The van der Waals surface area contributed by atoms with Crippen molar-refractivity contribution in [1.82, 2.24) is 5.32 Å². The van der Waals surface area contributed by atoms with Crippen molar-refractivity contribution in [1.29, 1.82) is 0 Å². The summed E-state index contributed by atoms with van der Waals surface area (Å²) < 4.78 is 5.16. The molecule has 2 rings (SSSR count). The highest BCUT2D eigenvalue weighted by Gasteiger charge is 2.04. The predicted octanol–water partition coefficient (Wildman–Crippen LogP) is 4.14. The Hall–Kier alpha value is -2.46. The first-order valence-corrected chi connectivity index (χ1v) is 6.70. The van der Waals surface area contributed by atoms with Gasteiger partial charge in [-0.2, -0.15) is 0 Å². The summed E-state index contributed by atoms with van der Waals surface area (Å²) in [6, 6.07) is 14.2. The number of carbonyl (C=O) groups excluding carboxylic acids is 1. The molecule has 0 fully saturated rings. The fourth-order valence-electron chi connectivity index (χ4n) is 1.72. The maximum absolute atomic E-state index is 11.8. The molecule has 5 heteroatoms. The van der Waals surface area contributed by atoms with Gasteiger partial charge in [-0.1, -0.05) is 41.9 Å². The molecule has 0 heterocycles. The number of methoxy groups -OCH3 is 1. The number of anilines is 1. The zero-order valence-corrected chi connectivity index (χ0v) is 12.2. The summed E-state index contributed by atoms with van der Waals surface area (Å²) in [5.74, 6) is 0.600. The van der Waals surface area contributed by atoms with Crippen LogP contribution in [0.4, 0.5) is 10.5 Å². The minimum Gasteiger partial charge on any atom is -0.495 e. The number of hydrogen-bond donors (Lipinski definition) is 2. The first kappa shape index (κ1) is 14.9. The molecule has 0 unspecified atom stereocenters. The number of hydrogen-bond acceptors (Lipinski definition) is 2. The summed E-state index contributed by atoms with van der Waals surface area (Å²) in [5, 5.41) is 5.94. The number of benzene rings is 2. The lowest BCUT2D eigenvalue weighted by Crippen LogP contribution is -2.23. The number of ether oxygens (including phenoxy) is 1. The van der Waals surface area contributed by atoms with Crippen molar-refractivity contribution in [3.05, 3.63) is 65.3 Å². The van der Waals surface area contributed by atoms with Crippen molar-refractivity contribution >= 4 is 29.4 Å².